The number of hydrogen-bond acceptors (Lipinski definition) is 4. The molecule has 1 unspecified atom stereocenters. The standard InChI is InChI=1S/C14H13F3N2O2/c15-14(16,17)10-3-9(13-6-18-8-21-13)4-11(5-10)19-2-1-12(20)7-19/h3-6,8,12,20H,1-2,7H2. The molecule has 1 fully saturated rings. The second-order valence-corrected chi connectivity index (χ2v) is 5.02. The van der Waals surface area contributed by atoms with E-state index in [1.807, 2.05) is 0 Å². The fourth-order valence-corrected chi connectivity index (χ4v) is 2.43. The number of β-amino-alcohol motifs (C(OH)–C–C–N with tert-alkyl or cyclic N) is 1. The van der Waals surface area contributed by atoms with Crippen LogP contribution in [0, 0.1) is 0 Å². The van der Waals surface area contributed by atoms with E-state index in [2.05, 4.69) is 4.98 Å². The number of oxazole rings is 1. The summed E-state index contributed by atoms with van der Waals surface area (Å²) >= 11 is 0. The van der Waals surface area contributed by atoms with Crippen LogP contribution in [0.3, 0.4) is 0 Å². The number of hydrogen-bond donors (Lipinski definition) is 1. The second-order valence-electron chi connectivity index (χ2n) is 5.02. The highest BCUT2D eigenvalue weighted by molar-refractivity contribution is 5.66. The second kappa shape index (κ2) is 5.07. The van der Waals surface area contributed by atoms with E-state index in [0.29, 0.717) is 30.8 Å². The molecule has 0 aliphatic carbocycles. The van der Waals surface area contributed by atoms with Crippen LogP contribution < -0.4 is 4.90 Å². The third kappa shape index (κ3) is 2.87. The highest BCUT2D eigenvalue weighted by atomic mass is 19.4. The number of anilines is 1. The van der Waals surface area contributed by atoms with E-state index in [1.54, 1.807) is 11.0 Å². The summed E-state index contributed by atoms with van der Waals surface area (Å²) < 4.78 is 44.2. The molecular formula is C14H13F3N2O2. The molecule has 1 aromatic carbocycles. The van der Waals surface area contributed by atoms with Gasteiger partial charge < -0.3 is 14.4 Å². The van der Waals surface area contributed by atoms with Gasteiger partial charge in [-0.3, -0.25) is 0 Å². The molecule has 1 aliphatic heterocycles. The molecule has 7 heteroatoms. The van der Waals surface area contributed by atoms with Crippen molar-refractivity contribution < 1.29 is 22.7 Å². The van der Waals surface area contributed by atoms with Crippen molar-refractivity contribution in [3.63, 3.8) is 0 Å². The van der Waals surface area contributed by atoms with E-state index in [4.69, 9.17) is 4.42 Å². The van der Waals surface area contributed by atoms with Gasteiger partial charge in [0.25, 0.3) is 0 Å². The van der Waals surface area contributed by atoms with Crippen molar-refractivity contribution >= 4 is 5.69 Å². The van der Waals surface area contributed by atoms with Gasteiger partial charge in [0, 0.05) is 24.3 Å². The molecule has 2 heterocycles. The molecule has 2 aromatic rings. The molecule has 112 valence electrons. The Labute approximate surface area is 118 Å². The van der Waals surface area contributed by atoms with Gasteiger partial charge in [0.15, 0.2) is 12.2 Å². The maximum Gasteiger partial charge on any atom is 0.416 e. The van der Waals surface area contributed by atoms with Crippen LogP contribution in [0.5, 0.6) is 0 Å². The van der Waals surface area contributed by atoms with Gasteiger partial charge in [0.2, 0.25) is 0 Å². The summed E-state index contributed by atoms with van der Waals surface area (Å²) in [7, 11) is 0. The summed E-state index contributed by atoms with van der Waals surface area (Å²) in [5.41, 5.74) is -0.000667. The van der Waals surface area contributed by atoms with Crippen LogP contribution >= 0.6 is 0 Å². The molecule has 0 saturated carbocycles. The zero-order valence-corrected chi connectivity index (χ0v) is 11.0. The smallest absolute Gasteiger partial charge is 0.416 e. The van der Waals surface area contributed by atoms with E-state index in [9.17, 15) is 18.3 Å². The van der Waals surface area contributed by atoms with E-state index in [-0.39, 0.29) is 5.76 Å². The highest BCUT2D eigenvalue weighted by Crippen LogP contribution is 2.36. The van der Waals surface area contributed by atoms with Crippen molar-refractivity contribution in [2.75, 3.05) is 18.0 Å². The van der Waals surface area contributed by atoms with Crippen LogP contribution in [0.2, 0.25) is 0 Å². The van der Waals surface area contributed by atoms with E-state index in [1.165, 1.54) is 12.6 Å². The van der Waals surface area contributed by atoms with Crippen molar-refractivity contribution in [1.29, 1.82) is 0 Å². The Bertz CT molecular complexity index is 626. The number of benzene rings is 1. The Morgan fingerprint density at radius 2 is 2.10 bits per heavy atom. The van der Waals surface area contributed by atoms with Crippen LogP contribution in [-0.4, -0.2) is 29.3 Å². The molecule has 1 aliphatic rings. The van der Waals surface area contributed by atoms with Gasteiger partial charge in [0.05, 0.1) is 17.9 Å². The zero-order chi connectivity index (χ0) is 15.0. The maximum absolute atomic E-state index is 13.0. The Morgan fingerprint density at radius 3 is 2.67 bits per heavy atom. The molecular weight excluding hydrogens is 285 g/mol. The minimum Gasteiger partial charge on any atom is -0.444 e. The first-order chi connectivity index (χ1) is 9.93. The summed E-state index contributed by atoms with van der Waals surface area (Å²) in [5, 5.41) is 9.55. The third-order valence-electron chi connectivity index (χ3n) is 3.49. The molecule has 0 radical (unpaired) electrons. The average molecular weight is 298 g/mol. The SMILES string of the molecule is OC1CCN(c2cc(-c3cnco3)cc(C(F)(F)F)c2)C1. The van der Waals surface area contributed by atoms with Crippen molar-refractivity contribution in [3.05, 3.63) is 36.4 Å². The molecule has 0 amide bonds. The number of alkyl halides is 3. The van der Waals surface area contributed by atoms with Gasteiger partial charge >= 0.3 is 6.18 Å². The van der Waals surface area contributed by atoms with Gasteiger partial charge in [-0.1, -0.05) is 0 Å². The fourth-order valence-electron chi connectivity index (χ4n) is 2.43. The number of rotatable bonds is 2. The quantitative estimate of drug-likeness (QED) is 0.926. The van der Waals surface area contributed by atoms with Crippen molar-refractivity contribution in [2.45, 2.75) is 18.7 Å². The predicted octanol–water partition coefficient (Wildman–Crippen LogP) is 2.93. The lowest BCUT2D eigenvalue weighted by atomic mass is 10.1. The first-order valence-corrected chi connectivity index (χ1v) is 6.47. The summed E-state index contributed by atoms with van der Waals surface area (Å²) in [6.45, 7) is 0.857. The Balaban J connectivity index is 2.05. The Hall–Kier alpha value is -2.02. The molecule has 1 aromatic heterocycles. The minimum absolute atomic E-state index is 0.280. The Morgan fingerprint density at radius 1 is 1.29 bits per heavy atom. The number of aromatic nitrogens is 1. The zero-order valence-electron chi connectivity index (χ0n) is 11.0. The molecule has 0 bridgehead atoms. The highest BCUT2D eigenvalue weighted by Gasteiger charge is 2.32. The molecule has 4 nitrogen and oxygen atoms in total. The topological polar surface area (TPSA) is 49.5 Å². The number of halogens is 3. The van der Waals surface area contributed by atoms with E-state index < -0.39 is 17.8 Å². The molecule has 3 rings (SSSR count). The predicted molar refractivity (Wildman–Crippen MR) is 69.8 cm³/mol. The molecule has 1 N–H and O–H groups in total. The third-order valence-corrected chi connectivity index (χ3v) is 3.49. The van der Waals surface area contributed by atoms with Crippen LogP contribution in [0.4, 0.5) is 18.9 Å². The molecule has 1 saturated heterocycles. The van der Waals surface area contributed by atoms with Crippen molar-refractivity contribution in [1.82, 2.24) is 4.98 Å². The maximum atomic E-state index is 13.0. The summed E-state index contributed by atoms with van der Waals surface area (Å²) in [6.07, 6.45) is -1.85. The molecule has 1 atom stereocenters. The van der Waals surface area contributed by atoms with E-state index >= 15 is 0 Å². The van der Waals surface area contributed by atoms with Gasteiger partial charge in [-0.2, -0.15) is 13.2 Å². The monoisotopic (exact) mass is 298 g/mol. The van der Waals surface area contributed by atoms with E-state index in [0.717, 1.165) is 12.1 Å². The largest absolute Gasteiger partial charge is 0.444 e. The number of nitrogens with zero attached hydrogens (tertiary/aromatic N) is 2. The normalized spacial score (nSPS) is 19.2. The number of aliphatic hydroxyl groups excluding tert-OH is 1. The van der Waals surface area contributed by atoms with Gasteiger partial charge in [-0.05, 0) is 24.6 Å². The first kappa shape index (κ1) is 13.9. The lowest BCUT2D eigenvalue weighted by molar-refractivity contribution is -0.137. The molecule has 21 heavy (non-hydrogen) atoms. The van der Waals surface area contributed by atoms with Gasteiger partial charge in [-0.15, -0.1) is 0 Å². The average Bonchev–Trinajstić information content (AvgIpc) is 3.08. The van der Waals surface area contributed by atoms with Crippen LogP contribution in [0.25, 0.3) is 11.3 Å². The lowest BCUT2D eigenvalue weighted by Gasteiger charge is -2.20. The summed E-state index contributed by atoms with van der Waals surface area (Å²) in [6, 6.07) is 3.75. The van der Waals surface area contributed by atoms with Crippen molar-refractivity contribution in [3.8, 4) is 11.3 Å². The van der Waals surface area contributed by atoms with Crippen LogP contribution in [0.1, 0.15) is 12.0 Å². The fraction of sp³-hybridized carbons (Fsp3) is 0.357. The minimum atomic E-state index is -4.44. The van der Waals surface area contributed by atoms with Crippen LogP contribution in [-0.2, 0) is 6.18 Å². The van der Waals surface area contributed by atoms with Gasteiger partial charge in [0.1, 0.15) is 0 Å². The van der Waals surface area contributed by atoms with Crippen LogP contribution in [0.15, 0.2) is 35.2 Å². The molecule has 0 spiro atoms. The summed E-state index contributed by atoms with van der Waals surface area (Å²) in [5.74, 6) is 0.280. The number of aliphatic hydroxyl groups is 1. The van der Waals surface area contributed by atoms with Gasteiger partial charge in [-0.25, -0.2) is 4.98 Å². The Kier molecular flexibility index (Phi) is 3.36. The summed E-state index contributed by atoms with van der Waals surface area (Å²) in [4.78, 5) is 5.46. The van der Waals surface area contributed by atoms with Crippen molar-refractivity contribution in [2.24, 2.45) is 0 Å². The lowest BCUT2D eigenvalue weighted by Crippen LogP contribution is -2.21. The first-order valence-electron chi connectivity index (χ1n) is 6.47.